The molecule has 0 atom stereocenters. The van der Waals surface area contributed by atoms with Gasteiger partial charge in [0.1, 0.15) is 5.78 Å². The largest absolute Gasteiger partial charge is 0.299 e. The summed E-state index contributed by atoms with van der Waals surface area (Å²) in [7, 11) is 0. The van der Waals surface area contributed by atoms with Gasteiger partial charge in [-0.05, 0) is 19.4 Å². The number of aromatic nitrogens is 2. The summed E-state index contributed by atoms with van der Waals surface area (Å²) < 4.78 is 1.96. The van der Waals surface area contributed by atoms with Crippen LogP contribution in [0.3, 0.4) is 0 Å². The molecule has 3 rings (SSSR count). The summed E-state index contributed by atoms with van der Waals surface area (Å²) >= 11 is 1.58. The van der Waals surface area contributed by atoms with E-state index in [4.69, 9.17) is 0 Å². The molecule has 0 aliphatic heterocycles. The summed E-state index contributed by atoms with van der Waals surface area (Å²) in [4.78, 5) is 17.6. The number of hydrogen-bond acceptors (Lipinski definition) is 3. The first kappa shape index (κ1) is 13.1. The first-order chi connectivity index (χ1) is 9.60. The molecule has 2 aromatic heterocycles. The Labute approximate surface area is 121 Å². The first-order valence-corrected chi connectivity index (χ1v) is 7.48. The predicted molar refractivity (Wildman–Crippen MR) is 81.4 cm³/mol. The normalized spacial score (nSPS) is 11.1. The summed E-state index contributed by atoms with van der Waals surface area (Å²) in [6, 6.07) is 6.28. The monoisotopic (exact) mass is 284 g/mol. The van der Waals surface area contributed by atoms with Crippen LogP contribution in [0.5, 0.6) is 0 Å². The molecule has 0 bridgehead atoms. The third-order valence-electron chi connectivity index (χ3n) is 3.20. The van der Waals surface area contributed by atoms with Crippen molar-refractivity contribution in [3.8, 4) is 0 Å². The number of carbonyl (C=O) groups excluding carboxylic acids is 1. The number of rotatable bonds is 4. The second-order valence-electron chi connectivity index (χ2n) is 5.21. The lowest BCUT2D eigenvalue weighted by Gasteiger charge is -2.03. The number of carbonyl (C=O) groups is 1. The number of ketones is 1. The molecule has 0 aliphatic rings. The van der Waals surface area contributed by atoms with Crippen molar-refractivity contribution < 1.29 is 4.79 Å². The quantitative estimate of drug-likeness (QED) is 0.736. The highest BCUT2D eigenvalue weighted by molar-refractivity contribution is 7.15. The van der Waals surface area contributed by atoms with Crippen LogP contribution < -0.4 is 0 Å². The van der Waals surface area contributed by atoms with Gasteiger partial charge in [-0.3, -0.25) is 9.20 Å². The Hall–Kier alpha value is -1.94. The molecule has 0 unspecified atom stereocenters. The molecular weight excluding hydrogens is 268 g/mol. The van der Waals surface area contributed by atoms with E-state index in [9.17, 15) is 4.79 Å². The van der Waals surface area contributed by atoms with E-state index in [0.717, 1.165) is 16.2 Å². The van der Waals surface area contributed by atoms with Crippen LogP contribution in [0.2, 0.25) is 0 Å². The van der Waals surface area contributed by atoms with E-state index in [1.165, 1.54) is 11.1 Å². The van der Waals surface area contributed by atoms with Gasteiger partial charge in [0.05, 0.1) is 12.1 Å². The van der Waals surface area contributed by atoms with Crippen molar-refractivity contribution in [2.75, 3.05) is 0 Å². The minimum Gasteiger partial charge on any atom is -0.299 e. The summed E-state index contributed by atoms with van der Waals surface area (Å²) in [5.74, 6) is 0.209. The van der Waals surface area contributed by atoms with Crippen molar-refractivity contribution >= 4 is 22.1 Å². The van der Waals surface area contributed by atoms with Crippen molar-refractivity contribution in [3.63, 3.8) is 0 Å². The summed E-state index contributed by atoms with van der Waals surface area (Å²) in [6.07, 6.45) is 4.78. The van der Waals surface area contributed by atoms with Gasteiger partial charge < -0.3 is 0 Å². The second kappa shape index (κ2) is 5.21. The van der Waals surface area contributed by atoms with Crippen molar-refractivity contribution in [1.29, 1.82) is 0 Å². The molecule has 0 N–H and O–H groups in total. The number of fused-ring (bicyclic) bond motifs is 1. The van der Waals surface area contributed by atoms with Crippen LogP contribution in [0.25, 0.3) is 4.96 Å². The summed E-state index contributed by atoms with van der Waals surface area (Å²) in [6.45, 7) is 4.12. The molecule has 0 amide bonds. The van der Waals surface area contributed by atoms with Gasteiger partial charge in [-0.2, -0.15) is 0 Å². The molecule has 1 aromatic carbocycles. The predicted octanol–water partition coefficient (Wildman–Crippen LogP) is 3.37. The minimum absolute atomic E-state index is 0.209. The van der Waals surface area contributed by atoms with Crippen LogP contribution in [-0.4, -0.2) is 15.2 Å². The molecule has 20 heavy (non-hydrogen) atoms. The Morgan fingerprint density at radius 1 is 1.20 bits per heavy atom. The Bertz CT molecular complexity index is 721. The number of hydrogen-bond donors (Lipinski definition) is 0. The zero-order chi connectivity index (χ0) is 14.1. The fraction of sp³-hybridized carbons (Fsp3) is 0.250. The highest BCUT2D eigenvalue weighted by atomic mass is 32.1. The SMILES string of the molecule is Cc1cc(C)cc(CC(=O)Cc2cn3ccsc3n2)c1. The van der Waals surface area contributed by atoms with Crippen molar-refractivity contribution in [1.82, 2.24) is 9.38 Å². The third kappa shape index (κ3) is 2.80. The number of benzene rings is 1. The van der Waals surface area contributed by atoms with Gasteiger partial charge in [-0.25, -0.2) is 4.98 Å². The van der Waals surface area contributed by atoms with Gasteiger partial charge in [-0.1, -0.05) is 29.3 Å². The van der Waals surface area contributed by atoms with Gasteiger partial charge in [0, 0.05) is 24.2 Å². The van der Waals surface area contributed by atoms with Crippen LogP contribution in [0.1, 0.15) is 22.4 Å². The first-order valence-electron chi connectivity index (χ1n) is 6.60. The number of nitrogens with zero attached hydrogens (tertiary/aromatic N) is 2. The molecule has 4 heteroatoms. The molecular formula is C16H16N2OS. The van der Waals surface area contributed by atoms with Gasteiger partial charge in [-0.15, -0.1) is 11.3 Å². The van der Waals surface area contributed by atoms with Crippen LogP contribution in [0.4, 0.5) is 0 Å². The lowest BCUT2D eigenvalue weighted by Crippen LogP contribution is -2.07. The smallest absolute Gasteiger partial charge is 0.193 e. The summed E-state index contributed by atoms with van der Waals surface area (Å²) in [5, 5.41) is 1.99. The van der Waals surface area contributed by atoms with E-state index >= 15 is 0 Å². The highest BCUT2D eigenvalue weighted by Gasteiger charge is 2.09. The molecule has 0 fully saturated rings. The number of imidazole rings is 1. The maximum Gasteiger partial charge on any atom is 0.193 e. The molecule has 3 nitrogen and oxygen atoms in total. The van der Waals surface area contributed by atoms with E-state index in [1.807, 2.05) is 22.2 Å². The molecule has 0 saturated heterocycles. The summed E-state index contributed by atoms with van der Waals surface area (Å²) in [5.41, 5.74) is 4.35. The highest BCUT2D eigenvalue weighted by Crippen LogP contribution is 2.14. The lowest BCUT2D eigenvalue weighted by molar-refractivity contribution is -0.117. The van der Waals surface area contributed by atoms with Crippen LogP contribution in [0.15, 0.2) is 36.0 Å². The van der Waals surface area contributed by atoms with Gasteiger partial charge in [0.15, 0.2) is 4.96 Å². The Balaban J connectivity index is 1.71. The molecule has 0 radical (unpaired) electrons. The van der Waals surface area contributed by atoms with E-state index < -0.39 is 0 Å². The van der Waals surface area contributed by atoms with Crippen molar-refractivity contribution in [2.45, 2.75) is 26.7 Å². The van der Waals surface area contributed by atoms with E-state index in [1.54, 1.807) is 11.3 Å². The van der Waals surface area contributed by atoms with Crippen LogP contribution in [-0.2, 0) is 17.6 Å². The average molecular weight is 284 g/mol. The van der Waals surface area contributed by atoms with E-state index in [0.29, 0.717) is 12.8 Å². The fourth-order valence-corrected chi connectivity index (χ4v) is 3.24. The Morgan fingerprint density at radius 3 is 2.65 bits per heavy atom. The molecule has 0 saturated carbocycles. The zero-order valence-corrected chi connectivity index (χ0v) is 12.4. The van der Waals surface area contributed by atoms with E-state index in [-0.39, 0.29) is 5.78 Å². The standard InChI is InChI=1S/C16H16N2OS/c1-11-5-12(2)7-13(6-11)8-15(19)9-14-10-18-3-4-20-16(18)17-14/h3-7,10H,8-9H2,1-2H3. The molecule has 3 aromatic rings. The molecule has 0 spiro atoms. The zero-order valence-electron chi connectivity index (χ0n) is 11.6. The topological polar surface area (TPSA) is 34.4 Å². The van der Waals surface area contributed by atoms with Gasteiger partial charge >= 0.3 is 0 Å². The maximum absolute atomic E-state index is 12.2. The lowest BCUT2D eigenvalue weighted by atomic mass is 10.0. The fourth-order valence-electron chi connectivity index (χ4n) is 2.52. The average Bonchev–Trinajstić information content (AvgIpc) is 2.87. The van der Waals surface area contributed by atoms with E-state index in [2.05, 4.69) is 37.0 Å². The minimum atomic E-state index is 0.209. The van der Waals surface area contributed by atoms with Crippen LogP contribution >= 0.6 is 11.3 Å². The number of aryl methyl sites for hydroxylation is 2. The number of thiazole rings is 1. The number of Topliss-reactive ketones (excluding diaryl/α,β-unsaturated/α-hetero) is 1. The van der Waals surface area contributed by atoms with Gasteiger partial charge in [0.2, 0.25) is 0 Å². The molecule has 0 aliphatic carbocycles. The second-order valence-corrected chi connectivity index (χ2v) is 6.09. The third-order valence-corrected chi connectivity index (χ3v) is 3.97. The Kier molecular flexibility index (Phi) is 3.40. The maximum atomic E-state index is 12.2. The van der Waals surface area contributed by atoms with Crippen LogP contribution in [0, 0.1) is 13.8 Å². The van der Waals surface area contributed by atoms with Gasteiger partial charge in [0.25, 0.3) is 0 Å². The molecule has 2 heterocycles. The Morgan fingerprint density at radius 2 is 1.95 bits per heavy atom. The molecule has 102 valence electrons. The van der Waals surface area contributed by atoms with Crippen molar-refractivity contribution in [3.05, 3.63) is 58.4 Å². The van der Waals surface area contributed by atoms with Crippen molar-refractivity contribution in [2.24, 2.45) is 0 Å².